The van der Waals surface area contributed by atoms with Crippen molar-refractivity contribution in [2.24, 2.45) is 7.05 Å². The maximum absolute atomic E-state index is 4.23. The first-order valence-electron chi connectivity index (χ1n) is 6.26. The van der Waals surface area contributed by atoms with Crippen molar-refractivity contribution in [2.45, 2.75) is 6.54 Å². The summed E-state index contributed by atoms with van der Waals surface area (Å²) in [4.78, 5) is 0. The molecule has 1 N–H and O–H groups in total. The maximum atomic E-state index is 4.23. The second-order valence-corrected chi connectivity index (χ2v) is 4.54. The third kappa shape index (κ3) is 2.68. The largest absolute Gasteiger partial charge is 0.381 e. The molecule has 0 saturated heterocycles. The maximum Gasteiger partial charge on any atom is 0.0666 e. The molecule has 0 aliphatic rings. The summed E-state index contributed by atoms with van der Waals surface area (Å²) in [5, 5.41) is 7.66. The zero-order valence-electron chi connectivity index (χ0n) is 10.8. The quantitative estimate of drug-likeness (QED) is 0.775. The van der Waals surface area contributed by atoms with Gasteiger partial charge in [-0.2, -0.15) is 5.10 Å². The lowest BCUT2D eigenvalue weighted by Gasteiger charge is -2.07. The average Bonchev–Trinajstić information content (AvgIpc) is 3.08. The number of hydrogen-bond acceptors (Lipinski definition) is 2. The van der Waals surface area contributed by atoms with Gasteiger partial charge in [0.15, 0.2) is 0 Å². The van der Waals surface area contributed by atoms with Crippen molar-refractivity contribution in [3.05, 3.63) is 66.7 Å². The van der Waals surface area contributed by atoms with Crippen LogP contribution in [-0.4, -0.2) is 14.3 Å². The van der Waals surface area contributed by atoms with Crippen LogP contribution in [-0.2, 0) is 13.6 Å². The molecule has 4 nitrogen and oxygen atoms in total. The van der Waals surface area contributed by atoms with Crippen molar-refractivity contribution in [1.82, 2.24) is 14.3 Å². The van der Waals surface area contributed by atoms with Crippen LogP contribution in [0.4, 0.5) is 5.69 Å². The lowest BCUT2D eigenvalue weighted by atomic mass is 10.2. The Balaban J connectivity index is 1.73. The Morgan fingerprint density at radius 2 is 2.11 bits per heavy atom. The highest BCUT2D eigenvalue weighted by atomic mass is 15.3. The Morgan fingerprint density at radius 3 is 2.84 bits per heavy atom. The van der Waals surface area contributed by atoms with Crippen molar-refractivity contribution >= 4 is 5.69 Å². The van der Waals surface area contributed by atoms with E-state index in [0.29, 0.717) is 0 Å². The van der Waals surface area contributed by atoms with E-state index in [1.54, 1.807) is 6.20 Å². The van der Waals surface area contributed by atoms with Crippen LogP contribution in [0.1, 0.15) is 5.56 Å². The number of aryl methyl sites for hydroxylation is 1. The molecule has 3 rings (SSSR count). The van der Waals surface area contributed by atoms with Crippen molar-refractivity contribution in [3.8, 4) is 5.69 Å². The van der Waals surface area contributed by atoms with Gasteiger partial charge in [0.05, 0.1) is 5.69 Å². The minimum atomic E-state index is 0.823. The Labute approximate surface area is 112 Å². The molecule has 96 valence electrons. The Hall–Kier alpha value is -2.49. The molecule has 0 atom stereocenters. The molecule has 0 aliphatic heterocycles. The van der Waals surface area contributed by atoms with E-state index in [-0.39, 0.29) is 0 Å². The highest BCUT2D eigenvalue weighted by Crippen LogP contribution is 2.15. The molecule has 1 aromatic carbocycles. The summed E-state index contributed by atoms with van der Waals surface area (Å²) < 4.78 is 3.91. The molecule has 3 aromatic rings. The van der Waals surface area contributed by atoms with Crippen LogP contribution in [0.15, 0.2) is 61.2 Å². The summed E-state index contributed by atoms with van der Waals surface area (Å²) in [5.74, 6) is 0. The summed E-state index contributed by atoms with van der Waals surface area (Å²) in [7, 11) is 2.03. The number of aromatic nitrogens is 3. The van der Waals surface area contributed by atoms with Crippen LogP contribution >= 0.6 is 0 Å². The fraction of sp³-hybridized carbons (Fsp3) is 0.133. The summed E-state index contributed by atoms with van der Waals surface area (Å²) in [5.41, 5.74) is 3.42. The number of nitrogens with zero attached hydrogens (tertiary/aromatic N) is 3. The number of rotatable bonds is 4. The molecule has 2 heterocycles. The van der Waals surface area contributed by atoms with Gasteiger partial charge in [-0.25, -0.2) is 4.68 Å². The van der Waals surface area contributed by atoms with E-state index >= 15 is 0 Å². The molecule has 2 aromatic heterocycles. The SMILES string of the molecule is Cn1ccc(CNc2cccc(-n3cccn3)c2)c1. The number of nitrogens with one attached hydrogen (secondary N) is 1. The van der Waals surface area contributed by atoms with Crippen LogP contribution in [0.3, 0.4) is 0 Å². The van der Waals surface area contributed by atoms with Crippen LogP contribution in [0.2, 0.25) is 0 Å². The lowest BCUT2D eigenvalue weighted by Crippen LogP contribution is -2.00. The summed E-state index contributed by atoms with van der Waals surface area (Å²) >= 11 is 0. The zero-order chi connectivity index (χ0) is 13.1. The highest BCUT2D eigenvalue weighted by molar-refractivity contribution is 5.51. The van der Waals surface area contributed by atoms with Gasteiger partial charge in [0.25, 0.3) is 0 Å². The molecule has 0 amide bonds. The molecule has 0 aliphatic carbocycles. The van der Waals surface area contributed by atoms with E-state index in [9.17, 15) is 0 Å². The van der Waals surface area contributed by atoms with E-state index in [2.05, 4.69) is 45.6 Å². The lowest BCUT2D eigenvalue weighted by molar-refractivity contribution is 0.880. The second kappa shape index (κ2) is 5.02. The van der Waals surface area contributed by atoms with Crippen LogP contribution in [0.25, 0.3) is 5.69 Å². The topological polar surface area (TPSA) is 34.8 Å². The monoisotopic (exact) mass is 252 g/mol. The molecule has 0 saturated carbocycles. The molecular weight excluding hydrogens is 236 g/mol. The van der Waals surface area contributed by atoms with E-state index < -0.39 is 0 Å². The standard InChI is InChI=1S/C15H16N4/c1-18-9-6-13(12-18)11-16-14-4-2-5-15(10-14)19-8-3-7-17-19/h2-10,12,16H,11H2,1H3. The van der Waals surface area contributed by atoms with E-state index in [0.717, 1.165) is 17.9 Å². The van der Waals surface area contributed by atoms with Crippen LogP contribution in [0.5, 0.6) is 0 Å². The first kappa shape index (κ1) is 11.6. The average molecular weight is 252 g/mol. The van der Waals surface area contributed by atoms with Gasteiger partial charge < -0.3 is 9.88 Å². The molecule has 4 heteroatoms. The Morgan fingerprint density at radius 1 is 1.16 bits per heavy atom. The zero-order valence-corrected chi connectivity index (χ0v) is 10.8. The number of hydrogen-bond donors (Lipinski definition) is 1. The van der Waals surface area contributed by atoms with Gasteiger partial charge >= 0.3 is 0 Å². The van der Waals surface area contributed by atoms with Gasteiger partial charge in [-0.3, -0.25) is 0 Å². The van der Waals surface area contributed by atoms with Gasteiger partial charge in [-0.05, 0) is 35.9 Å². The molecule has 0 radical (unpaired) electrons. The minimum Gasteiger partial charge on any atom is -0.381 e. The predicted octanol–water partition coefficient (Wildman–Crippen LogP) is 2.82. The molecule has 0 bridgehead atoms. The van der Waals surface area contributed by atoms with E-state index in [1.807, 2.05) is 36.1 Å². The van der Waals surface area contributed by atoms with Crippen molar-refractivity contribution in [3.63, 3.8) is 0 Å². The smallest absolute Gasteiger partial charge is 0.0666 e. The minimum absolute atomic E-state index is 0.823. The Kier molecular flexibility index (Phi) is 3.06. The second-order valence-electron chi connectivity index (χ2n) is 4.54. The first-order valence-corrected chi connectivity index (χ1v) is 6.26. The Bertz CT molecular complexity index is 652. The fourth-order valence-corrected chi connectivity index (χ4v) is 2.05. The van der Waals surface area contributed by atoms with E-state index in [4.69, 9.17) is 0 Å². The molecule has 0 fully saturated rings. The van der Waals surface area contributed by atoms with Gasteiger partial charge in [0, 0.05) is 44.1 Å². The van der Waals surface area contributed by atoms with Crippen LogP contribution < -0.4 is 5.32 Å². The number of benzene rings is 1. The van der Waals surface area contributed by atoms with Crippen molar-refractivity contribution < 1.29 is 0 Å². The summed E-state index contributed by atoms with van der Waals surface area (Å²) in [6, 6.07) is 12.3. The summed E-state index contributed by atoms with van der Waals surface area (Å²) in [6.45, 7) is 0.823. The van der Waals surface area contributed by atoms with Crippen molar-refractivity contribution in [1.29, 1.82) is 0 Å². The van der Waals surface area contributed by atoms with Gasteiger partial charge in [-0.1, -0.05) is 6.07 Å². The van der Waals surface area contributed by atoms with Crippen LogP contribution in [0, 0.1) is 0 Å². The van der Waals surface area contributed by atoms with E-state index in [1.165, 1.54) is 5.56 Å². The normalized spacial score (nSPS) is 10.6. The van der Waals surface area contributed by atoms with Gasteiger partial charge in [0.1, 0.15) is 0 Å². The third-order valence-electron chi connectivity index (χ3n) is 3.00. The number of anilines is 1. The molecule has 0 spiro atoms. The van der Waals surface area contributed by atoms with Gasteiger partial charge in [0.2, 0.25) is 0 Å². The highest BCUT2D eigenvalue weighted by Gasteiger charge is 1.99. The molecular formula is C15H16N4. The molecule has 0 unspecified atom stereocenters. The van der Waals surface area contributed by atoms with Gasteiger partial charge in [-0.15, -0.1) is 0 Å². The predicted molar refractivity (Wildman–Crippen MR) is 76.3 cm³/mol. The fourth-order valence-electron chi connectivity index (χ4n) is 2.05. The first-order chi connectivity index (χ1) is 9.31. The summed E-state index contributed by atoms with van der Waals surface area (Å²) in [6.07, 6.45) is 7.89. The van der Waals surface area contributed by atoms with Crippen molar-refractivity contribution in [2.75, 3.05) is 5.32 Å². The third-order valence-corrected chi connectivity index (χ3v) is 3.00. The molecule has 19 heavy (non-hydrogen) atoms.